The Kier molecular flexibility index (Phi) is 7.08. The molecule has 26 heavy (non-hydrogen) atoms. The number of nitrogens with zero attached hydrogens (tertiary/aromatic N) is 1. The Morgan fingerprint density at radius 1 is 1.23 bits per heavy atom. The zero-order chi connectivity index (χ0) is 18.5. The van der Waals surface area contributed by atoms with Gasteiger partial charge in [-0.05, 0) is 25.0 Å². The lowest BCUT2D eigenvalue weighted by Gasteiger charge is -2.39. The molecule has 1 saturated carbocycles. The second kappa shape index (κ2) is 9.30. The summed E-state index contributed by atoms with van der Waals surface area (Å²) in [5, 5.41) is 17.2. The highest BCUT2D eigenvalue weighted by molar-refractivity contribution is 8.00. The maximum atomic E-state index is 12.2. The lowest BCUT2D eigenvalue weighted by atomic mass is 9.83. The van der Waals surface area contributed by atoms with E-state index in [0.717, 1.165) is 29.9 Å². The second-order valence-electron chi connectivity index (χ2n) is 6.55. The van der Waals surface area contributed by atoms with Crippen LogP contribution in [0.5, 0.6) is 0 Å². The van der Waals surface area contributed by atoms with Gasteiger partial charge in [0, 0.05) is 34.6 Å². The van der Waals surface area contributed by atoms with Crippen LogP contribution in [0.2, 0.25) is 0 Å². The maximum absolute atomic E-state index is 12.2. The first-order chi connectivity index (χ1) is 12.5. The monoisotopic (exact) mass is 415 g/mol. The number of carbonyl (C=O) groups is 1. The molecule has 0 aromatic heterocycles. The summed E-state index contributed by atoms with van der Waals surface area (Å²) in [6, 6.07) is 6.78. The van der Waals surface area contributed by atoms with E-state index in [1.807, 2.05) is 0 Å². The van der Waals surface area contributed by atoms with Crippen LogP contribution in [0.3, 0.4) is 0 Å². The number of hydrogen-bond donors (Lipinski definition) is 2. The topological polar surface area (TPSA) is 84.3 Å². The van der Waals surface area contributed by atoms with E-state index in [4.69, 9.17) is 11.6 Å². The standard InChI is InChI=1S/C17H22ClN3O3S2/c18-11(9-25-13-7-5-12(6-8-13)21(23)24)10-26-17-19-15-4-2-1-3-14(15)16(22)20-17/h5-8,11,14-15,17,19H,1-4,9-10H2,(H,20,22). The van der Waals surface area contributed by atoms with E-state index in [2.05, 4.69) is 10.6 Å². The number of rotatable bonds is 7. The molecule has 4 atom stereocenters. The Hall–Kier alpha value is -0.960. The SMILES string of the molecule is O=C1NC(SCC(Cl)CSc2ccc([N+](=O)[O-])cc2)NC2CCCCC12. The molecule has 6 nitrogen and oxygen atoms in total. The molecule has 0 bridgehead atoms. The molecule has 4 unspecified atom stereocenters. The Morgan fingerprint density at radius 2 is 1.96 bits per heavy atom. The second-order valence-corrected chi connectivity index (χ2v) is 9.39. The summed E-state index contributed by atoms with van der Waals surface area (Å²) in [7, 11) is 0. The number of nitro benzene ring substituents is 1. The fourth-order valence-electron chi connectivity index (χ4n) is 3.31. The summed E-state index contributed by atoms with van der Waals surface area (Å²) in [4.78, 5) is 23.4. The fraction of sp³-hybridized carbons (Fsp3) is 0.588. The highest BCUT2D eigenvalue weighted by Crippen LogP contribution is 2.30. The lowest BCUT2D eigenvalue weighted by Crippen LogP contribution is -2.61. The van der Waals surface area contributed by atoms with Gasteiger partial charge >= 0.3 is 0 Å². The third-order valence-electron chi connectivity index (χ3n) is 4.66. The smallest absolute Gasteiger partial charge is 0.269 e. The van der Waals surface area contributed by atoms with E-state index in [9.17, 15) is 14.9 Å². The van der Waals surface area contributed by atoms with Crippen molar-refractivity contribution < 1.29 is 9.72 Å². The van der Waals surface area contributed by atoms with Gasteiger partial charge in [-0.2, -0.15) is 0 Å². The van der Waals surface area contributed by atoms with Gasteiger partial charge in [-0.25, -0.2) is 0 Å². The van der Waals surface area contributed by atoms with Crippen LogP contribution >= 0.6 is 35.1 Å². The summed E-state index contributed by atoms with van der Waals surface area (Å²) in [5.41, 5.74) is 0.0138. The number of benzene rings is 1. The molecule has 1 aromatic carbocycles. The molecule has 2 fully saturated rings. The molecule has 1 amide bonds. The summed E-state index contributed by atoms with van der Waals surface area (Å²) < 4.78 is 0. The Morgan fingerprint density at radius 3 is 2.69 bits per heavy atom. The number of hydrogen-bond acceptors (Lipinski definition) is 6. The van der Waals surface area contributed by atoms with E-state index in [1.165, 1.54) is 18.6 Å². The van der Waals surface area contributed by atoms with Crippen molar-refractivity contribution in [2.24, 2.45) is 5.92 Å². The quantitative estimate of drug-likeness (QED) is 0.306. The zero-order valence-corrected chi connectivity index (χ0v) is 16.6. The average Bonchev–Trinajstić information content (AvgIpc) is 2.65. The van der Waals surface area contributed by atoms with Crippen molar-refractivity contribution >= 4 is 46.7 Å². The van der Waals surface area contributed by atoms with E-state index >= 15 is 0 Å². The van der Waals surface area contributed by atoms with Crippen LogP contribution in [0.4, 0.5) is 5.69 Å². The third-order valence-corrected chi connectivity index (χ3v) is 7.69. The molecule has 2 N–H and O–H groups in total. The number of non-ortho nitro benzene ring substituents is 1. The van der Waals surface area contributed by atoms with Crippen molar-refractivity contribution in [1.82, 2.24) is 10.6 Å². The van der Waals surface area contributed by atoms with Gasteiger partial charge in [-0.3, -0.25) is 20.2 Å². The Labute approximate surface area is 166 Å². The Bertz CT molecular complexity index is 647. The molecule has 142 valence electrons. The summed E-state index contributed by atoms with van der Waals surface area (Å²) in [5.74, 6) is 1.71. The Balaban J connectivity index is 1.40. The van der Waals surface area contributed by atoms with Crippen molar-refractivity contribution in [2.45, 2.75) is 47.5 Å². The molecule has 1 aliphatic heterocycles. The molecule has 0 radical (unpaired) electrons. The molecule has 1 aromatic rings. The van der Waals surface area contributed by atoms with Crippen LogP contribution in [0.15, 0.2) is 29.2 Å². The summed E-state index contributed by atoms with van der Waals surface area (Å²) >= 11 is 9.62. The summed E-state index contributed by atoms with van der Waals surface area (Å²) in [6.07, 6.45) is 4.36. The van der Waals surface area contributed by atoms with Gasteiger partial charge in [0.05, 0.1) is 16.2 Å². The number of fused-ring (bicyclic) bond motifs is 1. The number of nitro groups is 1. The normalized spacial score (nSPS) is 26.7. The van der Waals surface area contributed by atoms with Crippen LogP contribution in [0.1, 0.15) is 25.7 Å². The fourth-order valence-corrected chi connectivity index (χ4v) is 5.67. The number of nitrogens with one attached hydrogen (secondary N) is 2. The predicted molar refractivity (Wildman–Crippen MR) is 107 cm³/mol. The third kappa shape index (κ3) is 5.28. The molecule has 9 heteroatoms. The number of alkyl halides is 1. The van der Waals surface area contributed by atoms with Crippen LogP contribution in [-0.4, -0.2) is 39.3 Å². The van der Waals surface area contributed by atoms with Gasteiger partial charge in [0.1, 0.15) is 5.50 Å². The van der Waals surface area contributed by atoms with Crippen LogP contribution in [0, 0.1) is 16.0 Å². The van der Waals surface area contributed by atoms with E-state index in [1.54, 1.807) is 35.7 Å². The molecule has 2 aliphatic rings. The first-order valence-corrected chi connectivity index (χ1v) is 11.2. The van der Waals surface area contributed by atoms with Gasteiger partial charge in [0.2, 0.25) is 5.91 Å². The van der Waals surface area contributed by atoms with Crippen molar-refractivity contribution in [3.63, 3.8) is 0 Å². The first kappa shape index (κ1) is 19.8. The van der Waals surface area contributed by atoms with Crippen LogP contribution < -0.4 is 10.6 Å². The van der Waals surface area contributed by atoms with Crippen molar-refractivity contribution in [3.8, 4) is 0 Å². The van der Waals surface area contributed by atoms with Gasteiger partial charge in [-0.1, -0.05) is 12.8 Å². The maximum Gasteiger partial charge on any atom is 0.269 e. The molecule has 0 spiro atoms. The highest BCUT2D eigenvalue weighted by atomic mass is 35.5. The highest BCUT2D eigenvalue weighted by Gasteiger charge is 2.37. The minimum atomic E-state index is -0.405. The number of amides is 1. The summed E-state index contributed by atoms with van der Waals surface area (Å²) in [6.45, 7) is 0. The van der Waals surface area contributed by atoms with E-state index in [0.29, 0.717) is 11.8 Å². The lowest BCUT2D eigenvalue weighted by molar-refractivity contribution is -0.384. The van der Waals surface area contributed by atoms with Crippen molar-refractivity contribution in [2.75, 3.05) is 11.5 Å². The molecule has 1 aliphatic carbocycles. The molecule has 1 saturated heterocycles. The molecule has 1 heterocycles. The molecule has 3 rings (SSSR count). The number of halogens is 1. The van der Waals surface area contributed by atoms with E-state index < -0.39 is 4.92 Å². The van der Waals surface area contributed by atoms with Gasteiger partial charge in [0.25, 0.3) is 5.69 Å². The largest absolute Gasteiger partial charge is 0.332 e. The van der Waals surface area contributed by atoms with Crippen LogP contribution in [0.25, 0.3) is 0 Å². The minimum absolute atomic E-state index is 0.0528. The first-order valence-electron chi connectivity index (χ1n) is 8.72. The van der Waals surface area contributed by atoms with Crippen LogP contribution in [-0.2, 0) is 4.79 Å². The number of thioether (sulfide) groups is 2. The van der Waals surface area contributed by atoms with Crippen molar-refractivity contribution in [1.29, 1.82) is 0 Å². The van der Waals surface area contributed by atoms with Gasteiger partial charge in [-0.15, -0.1) is 35.1 Å². The minimum Gasteiger partial charge on any atom is -0.332 e. The van der Waals surface area contributed by atoms with Crippen molar-refractivity contribution in [3.05, 3.63) is 34.4 Å². The number of carbonyl (C=O) groups excluding carboxylic acids is 1. The average molecular weight is 416 g/mol. The molecular weight excluding hydrogens is 394 g/mol. The molecular formula is C17H22ClN3O3S2. The predicted octanol–water partition coefficient (Wildman–Crippen LogP) is 3.59. The zero-order valence-electron chi connectivity index (χ0n) is 14.2. The van der Waals surface area contributed by atoms with Gasteiger partial charge < -0.3 is 5.32 Å². The van der Waals surface area contributed by atoms with Gasteiger partial charge in [0.15, 0.2) is 0 Å². The van der Waals surface area contributed by atoms with E-state index in [-0.39, 0.29) is 28.4 Å².